The zero-order valence-electron chi connectivity index (χ0n) is 10.9. The van der Waals surface area contributed by atoms with Gasteiger partial charge in [-0.1, -0.05) is 6.42 Å². The number of benzene rings is 1. The maximum absolute atomic E-state index is 12.1. The van der Waals surface area contributed by atoms with E-state index in [2.05, 4.69) is 21.2 Å². The highest BCUT2D eigenvalue weighted by Gasteiger charge is 2.21. The van der Waals surface area contributed by atoms with Gasteiger partial charge in [-0.15, -0.1) is 0 Å². The van der Waals surface area contributed by atoms with Gasteiger partial charge < -0.3 is 5.32 Å². The molecule has 1 saturated carbocycles. The van der Waals surface area contributed by atoms with Crippen LogP contribution >= 0.6 is 26.6 Å². The average Bonchev–Trinajstić information content (AvgIpc) is 2.28. The van der Waals surface area contributed by atoms with E-state index in [4.69, 9.17) is 10.7 Å². The standard InChI is InChI=1S/C13H15BrClNO3S/c1-8-5-10(6-11(12(8)14)20(15,18)19)13(17)16-7-9-3-2-4-9/h5-6,9H,2-4,7H2,1H3,(H,16,17). The lowest BCUT2D eigenvalue weighted by Gasteiger charge is -2.25. The van der Waals surface area contributed by atoms with Gasteiger partial charge in [0.1, 0.15) is 0 Å². The van der Waals surface area contributed by atoms with Gasteiger partial charge in [-0.3, -0.25) is 4.79 Å². The smallest absolute Gasteiger partial charge is 0.262 e. The molecule has 110 valence electrons. The summed E-state index contributed by atoms with van der Waals surface area (Å²) in [5.74, 6) is 0.279. The molecule has 0 atom stereocenters. The molecule has 0 saturated heterocycles. The zero-order chi connectivity index (χ0) is 14.9. The van der Waals surface area contributed by atoms with E-state index in [9.17, 15) is 13.2 Å². The molecule has 1 aromatic rings. The first-order valence-electron chi connectivity index (χ1n) is 6.32. The normalized spacial score (nSPS) is 15.8. The minimum Gasteiger partial charge on any atom is -0.352 e. The van der Waals surface area contributed by atoms with E-state index in [-0.39, 0.29) is 10.8 Å². The molecule has 4 nitrogen and oxygen atoms in total. The van der Waals surface area contributed by atoms with E-state index in [1.807, 2.05) is 0 Å². The largest absolute Gasteiger partial charge is 0.352 e. The molecule has 1 aliphatic rings. The highest BCUT2D eigenvalue weighted by atomic mass is 79.9. The van der Waals surface area contributed by atoms with Crippen LogP contribution in [0, 0.1) is 12.8 Å². The van der Waals surface area contributed by atoms with Gasteiger partial charge in [-0.2, -0.15) is 0 Å². The van der Waals surface area contributed by atoms with Crippen LogP contribution in [0.2, 0.25) is 0 Å². The molecule has 2 rings (SSSR count). The number of rotatable bonds is 4. The van der Waals surface area contributed by atoms with Crippen LogP contribution in [-0.4, -0.2) is 20.9 Å². The van der Waals surface area contributed by atoms with E-state index in [0.29, 0.717) is 28.1 Å². The van der Waals surface area contributed by atoms with E-state index < -0.39 is 9.05 Å². The van der Waals surface area contributed by atoms with Crippen LogP contribution < -0.4 is 5.32 Å². The quantitative estimate of drug-likeness (QED) is 0.816. The summed E-state index contributed by atoms with van der Waals surface area (Å²) < 4.78 is 23.4. The van der Waals surface area contributed by atoms with Gasteiger partial charge in [-0.25, -0.2) is 8.42 Å². The number of carbonyl (C=O) groups is 1. The number of amides is 1. The maximum Gasteiger partial charge on any atom is 0.262 e. The number of aryl methyl sites for hydroxylation is 1. The molecular weight excluding hydrogens is 366 g/mol. The molecule has 0 heterocycles. The number of halogens is 2. The summed E-state index contributed by atoms with van der Waals surface area (Å²) in [6.07, 6.45) is 3.49. The Morgan fingerprint density at radius 3 is 2.60 bits per heavy atom. The molecule has 0 spiro atoms. The van der Waals surface area contributed by atoms with E-state index in [1.54, 1.807) is 13.0 Å². The van der Waals surface area contributed by atoms with Crippen LogP contribution in [-0.2, 0) is 9.05 Å². The fraction of sp³-hybridized carbons (Fsp3) is 0.462. The van der Waals surface area contributed by atoms with Gasteiger partial charge in [0.05, 0.1) is 4.90 Å². The summed E-state index contributed by atoms with van der Waals surface area (Å²) in [6, 6.07) is 2.95. The first-order chi connectivity index (χ1) is 9.29. The second-order valence-corrected chi connectivity index (χ2v) is 8.38. The van der Waals surface area contributed by atoms with Gasteiger partial charge in [-0.05, 0) is 59.3 Å². The fourth-order valence-corrected chi connectivity index (χ4v) is 4.24. The molecule has 1 aromatic carbocycles. The Kier molecular flexibility index (Phi) is 4.76. The first-order valence-corrected chi connectivity index (χ1v) is 9.42. The monoisotopic (exact) mass is 379 g/mol. The van der Waals surface area contributed by atoms with E-state index in [1.165, 1.54) is 12.5 Å². The highest BCUT2D eigenvalue weighted by molar-refractivity contribution is 9.10. The molecule has 20 heavy (non-hydrogen) atoms. The van der Waals surface area contributed by atoms with Crippen LogP contribution in [0.3, 0.4) is 0 Å². The molecule has 1 N–H and O–H groups in total. The van der Waals surface area contributed by atoms with Gasteiger partial charge in [0.15, 0.2) is 0 Å². The van der Waals surface area contributed by atoms with Crippen LogP contribution in [0.5, 0.6) is 0 Å². The summed E-state index contributed by atoms with van der Waals surface area (Å²) in [5, 5.41) is 2.83. The summed E-state index contributed by atoms with van der Waals surface area (Å²) >= 11 is 3.19. The summed E-state index contributed by atoms with van der Waals surface area (Å²) in [4.78, 5) is 12.0. The molecular formula is C13H15BrClNO3S. The average molecular weight is 381 g/mol. The summed E-state index contributed by atoms with van der Waals surface area (Å²) in [7, 11) is 1.49. The highest BCUT2D eigenvalue weighted by Crippen LogP contribution is 2.30. The molecule has 1 amide bonds. The lowest BCUT2D eigenvalue weighted by molar-refractivity contribution is 0.0938. The third-order valence-electron chi connectivity index (χ3n) is 3.52. The number of nitrogens with one attached hydrogen (secondary N) is 1. The predicted molar refractivity (Wildman–Crippen MR) is 81.6 cm³/mol. The molecule has 1 aliphatic carbocycles. The third-order valence-corrected chi connectivity index (χ3v) is 6.18. The second kappa shape index (κ2) is 6.03. The van der Waals surface area contributed by atoms with Crippen LogP contribution in [0.4, 0.5) is 0 Å². The lowest BCUT2D eigenvalue weighted by atomic mass is 9.85. The van der Waals surface area contributed by atoms with E-state index >= 15 is 0 Å². The van der Waals surface area contributed by atoms with Gasteiger partial charge in [0, 0.05) is 27.3 Å². The first kappa shape index (κ1) is 15.8. The topological polar surface area (TPSA) is 63.2 Å². The van der Waals surface area contributed by atoms with Crippen molar-refractivity contribution in [3.05, 3.63) is 27.7 Å². The lowest BCUT2D eigenvalue weighted by Crippen LogP contribution is -2.32. The molecule has 0 radical (unpaired) electrons. The number of hydrogen-bond acceptors (Lipinski definition) is 3. The minimum atomic E-state index is -3.89. The van der Waals surface area contributed by atoms with Crippen molar-refractivity contribution in [3.63, 3.8) is 0 Å². The Morgan fingerprint density at radius 1 is 1.45 bits per heavy atom. The molecule has 0 bridgehead atoms. The van der Waals surface area contributed by atoms with Crippen molar-refractivity contribution < 1.29 is 13.2 Å². The molecule has 7 heteroatoms. The zero-order valence-corrected chi connectivity index (χ0v) is 14.1. The van der Waals surface area contributed by atoms with Crippen LogP contribution in [0.25, 0.3) is 0 Å². The molecule has 1 fully saturated rings. The fourth-order valence-electron chi connectivity index (χ4n) is 2.08. The van der Waals surface area contributed by atoms with Gasteiger partial charge in [0.25, 0.3) is 15.0 Å². The van der Waals surface area contributed by atoms with Gasteiger partial charge >= 0.3 is 0 Å². The van der Waals surface area contributed by atoms with Crippen LogP contribution in [0.1, 0.15) is 35.2 Å². The Hall–Kier alpha value is -0.590. The molecule has 0 aromatic heterocycles. The molecule has 0 aliphatic heterocycles. The van der Waals surface area contributed by atoms with Gasteiger partial charge in [0.2, 0.25) is 0 Å². The van der Waals surface area contributed by atoms with Crippen molar-refractivity contribution in [1.82, 2.24) is 5.32 Å². The summed E-state index contributed by atoms with van der Waals surface area (Å²) in [5.41, 5.74) is 0.963. The molecule has 0 unspecified atom stereocenters. The SMILES string of the molecule is Cc1cc(C(=O)NCC2CCC2)cc(S(=O)(=O)Cl)c1Br. The maximum atomic E-state index is 12.1. The van der Waals surface area contributed by atoms with Crippen molar-refractivity contribution in [3.8, 4) is 0 Å². The Bertz CT molecular complexity index is 641. The third kappa shape index (κ3) is 3.54. The summed E-state index contributed by atoms with van der Waals surface area (Å²) in [6.45, 7) is 2.36. The second-order valence-electron chi connectivity index (χ2n) is 5.05. The number of carbonyl (C=O) groups excluding carboxylic acids is 1. The Labute approximate surface area is 131 Å². The van der Waals surface area contributed by atoms with E-state index in [0.717, 1.165) is 12.8 Å². The number of hydrogen-bond donors (Lipinski definition) is 1. The Morgan fingerprint density at radius 2 is 2.10 bits per heavy atom. The van der Waals surface area contributed by atoms with Crippen molar-refractivity contribution >= 4 is 41.6 Å². The van der Waals surface area contributed by atoms with Crippen LogP contribution in [0.15, 0.2) is 21.5 Å². The predicted octanol–water partition coefficient (Wildman–Crippen LogP) is 3.21. The van der Waals surface area contributed by atoms with Crippen molar-refractivity contribution in [2.45, 2.75) is 31.1 Å². The Balaban J connectivity index is 2.23. The van der Waals surface area contributed by atoms with Crippen molar-refractivity contribution in [1.29, 1.82) is 0 Å². The van der Waals surface area contributed by atoms with Crippen molar-refractivity contribution in [2.75, 3.05) is 6.54 Å². The minimum absolute atomic E-state index is 0.0760. The van der Waals surface area contributed by atoms with Crippen molar-refractivity contribution in [2.24, 2.45) is 5.92 Å².